The Morgan fingerprint density at radius 2 is 1.70 bits per heavy atom. The lowest BCUT2D eigenvalue weighted by Crippen LogP contribution is -2.55. The Hall–Kier alpha value is -3.40. The van der Waals surface area contributed by atoms with Gasteiger partial charge in [-0.15, -0.1) is 5.10 Å². The molecule has 2 aliphatic heterocycles. The average molecular weight is 471 g/mol. The van der Waals surface area contributed by atoms with Crippen molar-refractivity contribution in [3.8, 4) is 17.2 Å². The number of anilines is 1. The van der Waals surface area contributed by atoms with Crippen LogP contribution in [0.25, 0.3) is 0 Å². The smallest absolute Gasteiger partial charge is 0.257 e. The Labute approximate surface area is 196 Å². The molecule has 2 aliphatic rings. The Morgan fingerprint density at radius 1 is 1.00 bits per heavy atom. The second kappa shape index (κ2) is 8.86. The molecule has 2 aromatic carbocycles. The molecular weight excluding hydrogens is 444 g/mol. The lowest BCUT2D eigenvalue weighted by molar-refractivity contribution is -0.136. The van der Waals surface area contributed by atoms with Gasteiger partial charge in [-0.05, 0) is 24.5 Å². The summed E-state index contributed by atoms with van der Waals surface area (Å²) in [5.74, 6) is 0.955. The summed E-state index contributed by atoms with van der Waals surface area (Å²) in [6.45, 7) is 1.49. The number of fused-ring (bicyclic) bond motifs is 3. The Morgan fingerprint density at radius 3 is 2.30 bits per heavy atom. The fraction of sp³-hybridized carbons (Fsp3) is 0.348. The van der Waals surface area contributed by atoms with Gasteiger partial charge >= 0.3 is 0 Å². The van der Waals surface area contributed by atoms with E-state index in [0.717, 1.165) is 0 Å². The van der Waals surface area contributed by atoms with Crippen LogP contribution in [-0.2, 0) is 9.59 Å². The maximum absolute atomic E-state index is 13.5. The quantitative estimate of drug-likeness (QED) is 0.678. The number of nitrogens with zero attached hydrogens (tertiary/aromatic N) is 4. The van der Waals surface area contributed by atoms with Gasteiger partial charge in [0, 0.05) is 25.1 Å². The first-order valence-electron chi connectivity index (χ1n) is 10.3. The molecule has 0 unspecified atom stereocenters. The second-order valence-corrected chi connectivity index (χ2v) is 8.28. The van der Waals surface area contributed by atoms with Crippen LogP contribution in [0.15, 0.2) is 41.5 Å². The van der Waals surface area contributed by atoms with Crippen LogP contribution >= 0.6 is 11.8 Å². The molecule has 174 valence electrons. The van der Waals surface area contributed by atoms with E-state index in [1.807, 2.05) is 36.6 Å². The molecule has 0 bridgehead atoms. The number of carbonyl (C=O) groups is 2. The van der Waals surface area contributed by atoms with Crippen LogP contribution < -0.4 is 19.1 Å². The van der Waals surface area contributed by atoms with E-state index in [0.29, 0.717) is 39.2 Å². The number of hydrogen-bond donors (Lipinski definition) is 0. The van der Waals surface area contributed by atoms with Gasteiger partial charge in [0.15, 0.2) is 28.9 Å². The van der Waals surface area contributed by atoms with E-state index >= 15 is 0 Å². The van der Waals surface area contributed by atoms with Gasteiger partial charge in [0.2, 0.25) is 11.7 Å². The van der Waals surface area contributed by atoms with Crippen LogP contribution in [0.4, 0.5) is 5.69 Å². The van der Waals surface area contributed by atoms with Gasteiger partial charge in [-0.25, -0.2) is 0 Å². The minimum atomic E-state index is -0.753. The summed E-state index contributed by atoms with van der Waals surface area (Å²) in [6, 6.07) is 10.3. The molecule has 2 heterocycles. The van der Waals surface area contributed by atoms with E-state index in [1.54, 1.807) is 35.0 Å². The van der Waals surface area contributed by atoms with Crippen molar-refractivity contribution in [2.75, 3.05) is 39.5 Å². The van der Waals surface area contributed by atoms with Gasteiger partial charge < -0.3 is 14.2 Å². The number of para-hydroxylation sites is 1. The number of amidine groups is 1. The highest BCUT2D eigenvalue weighted by molar-refractivity contribution is 8.13. The number of likely N-dealkylation sites (N-methyl/N-ethyl adjacent to an activating group) is 1. The van der Waals surface area contributed by atoms with Crippen LogP contribution in [-0.4, -0.2) is 61.5 Å². The molecule has 0 saturated heterocycles. The van der Waals surface area contributed by atoms with E-state index in [2.05, 4.69) is 0 Å². The number of carbonyl (C=O) groups excluding carboxylic acids is 2. The first-order valence-corrected chi connectivity index (χ1v) is 11.5. The molecule has 2 amide bonds. The van der Waals surface area contributed by atoms with E-state index in [1.165, 1.54) is 32.9 Å². The molecule has 0 aromatic heterocycles. The number of hydrazone groups is 1. The highest BCUT2D eigenvalue weighted by Crippen LogP contribution is 2.52. The zero-order chi connectivity index (χ0) is 23.9. The summed E-state index contributed by atoms with van der Waals surface area (Å²) in [7, 11) is 6.30. The molecular formula is C23H26N4O5S. The molecule has 0 spiro atoms. The largest absolute Gasteiger partial charge is 0.493 e. The van der Waals surface area contributed by atoms with E-state index in [9.17, 15) is 9.59 Å². The zero-order valence-corrected chi connectivity index (χ0v) is 20.2. The topological polar surface area (TPSA) is 83.9 Å². The van der Waals surface area contributed by atoms with Crippen molar-refractivity contribution in [1.82, 2.24) is 9.91 Å². The molecule has 0 saturated carbocycles. The highest BCUT2D eigenvalue weighted by Gasteiger charge is 2.49. The number of ether oxygens (including phenoxy) is 3. The molecule has 2 atom stereocenters. The van der Waals surface area contributed by atoms with Crippen molar-refractivity contribution in [3.05, 3.63) is 47.5 Å². The first kappa shape index (κ1) is 22.8. The predicted molar refractivity (Wildman–Crippen MR) is 127 cm³/mol. The minimum Gasteiger partial charge on any atom is -0.493 e. The lowest BCUT2D eigenvalue weighted by atomic mass is 9.94. The van der Waals surface area contributed by atoms with Gasteiger partial charge in [-0.3, -0.25) is 24.4 Å². The van der Waals surface area contributed by atoms with Crippen LogP contribution in [0, 0.1) is 0 Å². The predicted octanol–water partition coefficient (Wildman–Crippen LogP) is 3.23. The van der Waals surface area contributed by atoms with Crippen molar-refractivity contribution in [3.63, 3.8) is 0 Å². The molecule has 33 heavy (non-hydrogen) atoms. The second-order valence-electron chi connectivity index (χ2n) is 7.51. The molecule has 0 N–H and O–H groups in total. The SMILES string of the molecule is COc1ccc([C@@H]2N(C(C)=O)c3ccccc3[C@H]3C(=O)N(C)C(SC)=NN32)c(OC)c1OC. The molecule has 10 heteroatoms. The summed E-state index contributed by atoms with van der Waals surface area (Å²) < 4.78 is 16.8. The van der Waals surface area contributed by atoms with Gasteiger partial charge in [0.05, 0.1) is 27.0 Å². The Bertz CT molecular complexity index is 1140. The van der Waals surface area contributed by atoms with E-state index < -0.39 is 12.2 Å². The standard InChI is InChI=1S/C23H26N4O5S/c1-13(28)26-16-10-8-7-9-14(16)18-22(29)25(2)23(33-6)24-27(18)21(26)15-11-12-17(30-3)20(32-5)19(15)31-4/h7-12,18,21H,1-6H3/t18-,21+/m0/s1. The molecule has 0 fully saturated rings. The van der Waals surface area contributed by atoms with Crippen molar-refractivity contribution in [2.45, 2.75) is 19.1 Å². The maximum atomic E-state index is 13.5. The summed E-state index contributed by atoms with van der Waals surface area (Å²) in [5.41, 5.74) is 1.98. The highest BCUT2D eigenvalue weighted by atomic mass is 32.2. The third-order valence-corrected chi connectivity index (χ3v) is 6.56. The number of rotatable bonds is 4. The number of methoxy groups -OCH3 is 3. The maximum Gasteiger partial charge on any atom is 0.257 e. The van der Waals surface area contributed by atoms with Crippen LogP contribution in [0.3, 0.4) is 0 Å². The Kier molecular flexibility index (Phi) is 6.11. The molecule has 0 radical (unpaired) electrons. The van der Waals surface area contributed by atoms with Crippen molar-refractivity contribution < 1.29 is 23.8 Å². The first-order chi connectivity index (χ1) is 15.9. The number of amides is 2. The van der Waals surface area contributed by atoms with Crippen molar-refractivity contribution >= 4 is 34.4 Å². The summed E-state index contributed by atoms with van der Waals surface area (Å²) in [4.78, 5) is 29.8. The summed E-state index contributed by atoms with van der Waals surface area (Å²) in [5, 5.41) is 7.03. The van der Waals surface area contributed by atoms with Gasteiger partial charge in [0.25, 0.3) is 5.91 Å². The molecule has 0 aliphatic carbocycles. The van der Waals surface area contributed by atoms with Gasteiger partial charge in [-0.1, -0.05) is 30.0 Å². The lowest BCUT2D eigenvalue weighted by Gasteiger charge is -2.49. The third kappa shape index (κ3) is 3.45. The van der Waals surface area contributed by atoms with Gasteiger partial charge in [0.1, 0.15) is 0 Å². The van der Waals surface area contributed by atoms with E-state index in [-0.39, 0.29) is 11.8 Å². The average Bonchev–Trinajstić information content (AvgIpc) is 2.83. The van der Waals surface area contributed by atoms with E-state index in [4.69, 9.17) is 19.3 Å². The number of thioether (sulfide) groups is 1. The molecule has 2 aromatic rings. The van der Waals surface area contributed by atoms with Crippen LogP contribution in [0.1, 0.15) is 30.3 Å². The molecule has 9 nitrogen and oxygen atoms in total. The fourth-order valence-corrected chi connectivity index (χ4v) is 4.94. The van der Waals surface area contributed by atoms with Gasteiger partial charge in [-0.2, -0.15) is 0 Å². The van der Waals surface area contributed by atoms with Crippen molar-refractivity contribution in [1.29, 1.82) is 0 Å². The van der Waals surface area contributed by atoms with Crippen LogP contribution in [0.2, 0.25) is 0 Å². The van der Waals surface area contributed by atoms with Crippen molar-refractivity contribution in [2.24, 2.45) is 5.10 Å². The normalized spacial score (nSPS) is 19.5. The minimum absolute atomic E-state index is 0.130. The van der Waals surface area contributed by atoms with Crippen LogP contribution in [0.5, 0.6) is 17.2 Å². The monoisotopic (exact) mass is 470 g/mol. The summed E-state index contributed by atoms with van der Waals surface area (Å²) >= 11 is 1.36. The number of benzene rings is 2. The summed E-state index contributed by atoms with van der Waals surface area (Å²) in [6.07, 6.45) is 1.10. The zero-order valence-electron chi connectivity index (χ0n) is 19.4. The fourth-order valence-electron chi connectivity index (χ4n) is 4.40. The molecule has 4 rings (SSSR count). The third-order valence-electron chi connectivity index (χ3n) is 5.84. The Balaban J connectivity index is 2.05. The number of hydrogen-bond acceptors (Lipinski definition) is 8.